The van der Waals surface area contributed by atoms with Gasteiger partial charge in [0.1, 0.15) is 17.9 Å². The number of hydrogen-bond acceptors (Lipinski definition) is 7. The second-order valence-electron chi connectivity index (χ2n) is 8.24. The summed E-state index contributed by atoms with van der Waals surface area (Å²) in [5.74, 6) is 0.890. The van der Waals surface area contributed by atoms with Crippen molar-refractivity contribution in [3.8, 4) is 11.5 Å². The maximum absolute atomic E-state index is 13.8. The van der Waals surface area contributed by atoms with Crippen LogP contribution in [-0.4, -0.2) is 42.5 Å². The number of hydrogen-bond donors (Lipinski definition) is 0. The molecule has 8 nitrogen and oxygen atoms in total. The standard InChI is InChI=1S/C23H23ClN2O6/c1-11-9-17(25-32-11)26-19(13-5-4-6-16(29-2)21(13)30-3)18-20(27)14-10-12(24)7-8-15(14)31-22(18)23(26)28/h4-6,9,12,14-15,19H,7-8,10H2,1-3H3. The van der Waals surface area contributed by atoms with Crippen LogP contribution >= 0.6 is 11.6 Å². The summed E-state index contributed by atoms with van der Waals surface area (Å²) in [5.41, 5.74) is 0.897. The Morgan fingerprint density at radius 3 is 2.69 bits per heavy atom. The fraction of sp³-hybridized carbons (Fsp3) is 0.435. The number of Topliss-reactive ketones (excluding diaryl/α,β-unsaturated/α-hetero) is 1. The Hall–Kier alpha value is -3.00. The van der Waals surface area contributed by atoms with E-state index in [1.54, 1.807) is 31.2 Å². The zero-order chi connectivity index (χ0) is 22.6. The molecule has 1 aliphatic carbocycles. The van der Waals surface area contributed by atoms with Crippen molar-refractivity contribution in [2.45, 2.75) is 43.7 Å². The number of para-hydroxylation sites is 1. The summed E-state index contributed by atoms with van der Waals surface area (Å²) in [6.45, 7) is 1.74. The Labute approximate surface area is 190 Å². The molecule has 0 saturated heterocycles. The van der Waals surface area contributed by atoms with Crippen molar-refractivity contribution in [3.63, 3.8) is 0 Å². The van der Waals surface area contributed by atoms with Gasteiger partial charge in [-0.25, -0.2) is 0 Å². The zero-order valence-corrected chi connectivity index (χ0v) is 18.7. The van der Waals surface area contributed by atoms with E-state index in [1.165, 1.54) is 19.1 Å². The summed E-state index contributed by atoms with van der Waals surface area (Å²) in [5, 5.41) is 3.96. The van der Waals surface area contributed by atoms with Crippen molar-refractivity contribution in [3.05, 3.63) is 46.9 Å². The molecule has 32 heavy (non-hydrogen) atoms. The minimum atomic E-state index is -0.795. The lowest BCUT2D eigenvalue weighted by Gasteiger charge is -2.37. The Balaban J connectivity index is 1.70. The summed E-state index contributed by atoms with van der Waals surface area (Å²) in [7, 11) is 3.06. The number of anilines is 1. The number of carbonyl (C=O) groups is 2. The lowest BCUT2D eigenvalue weighted by atomic mass is 9.77. The monoisotopic (exact) mass is 458 g/mol. The number of aryl methyl sites for hydroxylation is 1. The summed E-state index contributed by atoms with van der Waals surface area (Å²) < 4.78 is 22.5. The van der Waals surface area contributed by atoms with Gasteiger partial charge in [0.2, 0.25) is 0 Å². The van der Waals surface area contributed by atoms with Gasteiger partial charge in [0, 0.05) is 17.0 Å². The van der Waals surface area contributed by atoms with Crippen LogP contribution in [0, 0.1) is 12.8 Å². The highest BCUT2D eigenvalue weighted by molar-refractivity contribution is 6.21. The van der Waals surface area contributed by atoms with Crippen LogP contribution in [0.15, 0.2) is 40.1 Å². The third-order valence-corrected chi connectivity index (χ3v) is 6.77. The maximum Gasteiger partial charge on any atom is 0.295 e. The molecule has 1 aromatic carbocycles. The average molecular weight is 459 g/mol. The molecule has 0 N–H and O–H groups in total. The SMILES string of the molecule is COc1cccc(C2C3=C(OC4CCC(Cl)CC4C3=O)C(=O)N2c2cc(C)on2)c1OC. The third kappa shape index (κ3) is 3.08. The average Bonchev–Trinajstić information content (AvgIpc) is 3.34. The molecular formula is C23H23ClN2O6. The molecule has 168 valence electrons. The number of ether oxygens (including phenoxy) is 3. The third-order valence-electron chi connectivity index (χ3n) is 6.37. The second kappa shape index (κ2) is 7.85. The van der Waals surface area contributed by atoms with Gasteiger partial charge in [0.25, 0.3) is 5.91 Å². The molecule has 3 aliphatic rings. The number of aromatic nitrogens is 1. The van der Waals surface area contributed by atoms with Crippen molar-refractivity contribution in [2.24, 2.45) is 5.92 Å². The number of benzene rings is 1. The number of nitrogens with zero attached hydrogens (tertiary/aromatic N) is 2. The van der Waals surface area contributed by atoms with Crippen LogP contribution in [0.5, 0.6) is 11.5 Å². The smallest absolute Gasteiger partial charge is 0.295 e. The Bertz CT molecular complexity index is 1130. The normalized spacial score (nSPS) is 27.2. The lowest BCUT2D eigenvalue weighted by molar-refractivity contribution is -0.131. The number of methoxy groups -OCH3 is 2. The number of fused-ring (bicyclic) bond motifs is 1. The van der Waals surface area contributed by atoms with E-state index in [1.807, 2.05) is 0 Å². The predicted octanol–water partition coefficient (Wildman–Crippen LogP) is 3.72. The molecule has 0 bridgehead atoms. The maximum atomic E-state index is 13.8. The minimum Gasteiger partial charge on any atom is -0.493 e. The van der Waals surface area contributed by atoms with Crippen molar-refractivity contribution in [2.75, 3.05) is 19.1 Å². The van der Waals surface area contributed by atoms with E-state index >= 15 is 0 Å². The summed E-state index contributed by atoms with van der Waals surface area (Å²) in [6.07, 6.45) is 1.53. The molecule has 5 rings (SSSR count). The first-order valence-corrected chi connectivity index (χ1v) is 10.9. The molecule has 2 aliphatic heterocycles. The Kier molecular flexibility index (Phi) is 5.12. The van der Waals surface area contributed by atoms with Gasteiger partial charge in [0.15, 0.2) is 28.9 Å². The lowest BCUT2D eigenvalue weighted by Crippen LogP contribution is -2.41. The van der Waals surface area contributed by atoms with Crippen LogP contribution in [0.25, 0.3) is 0 Å². The minimum absolute atomic E-state index is 0.0693. The van der Waals surface area contributed by atoms with Crippen LogP contribution in [0.1, 0.15) is 36.6 Å². The summed E-state index contributed by atoms with van der Waals surface area (Å²) in [6, 6.07) is 6.21. The predicted molar refractivity (Wildman–Crippen MR) is 115 cm³/mol. The van der Waals surface area contributed by atoms with Crippen molar-refractivity contribution < 1.29 is 28.3 Å². The first kappa shape index (κ1) is 20.9. The van der Waals surface area contributed by atoms with Gasteiger partial charge in [-0.3, -0.25) is 14.5 Å². The van der Waals surface area contributed by atoms with Crippen LogP contribution in [0.3, 0.4) is 0 Å². The molecule has 4 unspecified atom stereocenters. The van der Waals surface area contributed by atoms with Gasteiger partial charge in [-0.1, -0.05) is 17.3 Å². The highest BCUT2D eigenvalue weighted by Gasteiger charge is 2.54. The molecule has 9 heteroatoms. The van der Waals surface area contributed by atoms with Crippen molar-refractivity contribution >= 4 is 29.1 Å². The van der Waals surface area contributed by atoms with Crippen molar-refractivity contribution in [1.29, 1.82) is 0 Å². The topological polar surface area (TPSA) is 91.1 Å². The highest BCUT2D eigenvalue weighted by Crippen LogP contribution is 2.51. The Morgan fingerprint density at radius 1 is 1.19 bits per heavy atom. The van der Waals surface area contributed by atoms with Crippen LogP contribution in [0.2, 0.25) is 0 Å². The molecule has 3 heterocycles. The number of carbonyl (C=O) groups excluding carboxylic acids is 2. The van der Waals surface area contributed by atoms with Gasteiger partial charge in [-0.2, -0.15) is 0 Å². The quantitative estimate of drug-likeness (QED) is 0.645. The van der Waals surface area contributed by atoms with E-state index < -0.39 is 17.9 Å². The molecule has 0 spiro atoms. The molecule has 1 fully saturated rings. The van der Waals surface area contributed by atoms with Gasteiger partial charge < -0.3 is 18.7 Å². The van der Waals surface area contributed by atoms with E-state index in [9.17, 15) is 9.59 Å². The largest absolute Gasteiger partial charge is 0.493 e. The van der Waals surface area contributed by atoms with Crippen LogP contribution in [0.4, 0.5) is 5.82 Å². The van der Waals surface area contributed by atoms with E-state index in [0.29, 0.717) is 47.1 Å². The molecule has 1 amide bonds. The first-order valence-electron chi connectivity index (χ1n) is 10.5. The van der Waals surface area contributed by atoms with Gasteiger partial charge in [-0.05, 0) is 32.3 Å². The molecular weight excluding hydrogens is 436 g/mol. The first-order chi connectivity index (χ1) is 15.4. The van der Waals surface area contributed by atoms with E-state index in [4.69, 9.17) is 30.3 Å². The van der Waals surface area contributed by atoms with Crippen LogP contribution in [-0.2, 0) is 14.3 Å². The molecule has 1 aromatic heterocycles. The number of halogens is 1. The second-order valence-corrected chi connectivity index (χ2v) is 8.85. The molecule has 4 atom stereocenters. The van der Waals surface area contributed by atoms with E-state index in [-0.39, 0.29) is 23.0 Å². The molecule has 2 aromatic rings. The number of rotatable bonds is 4. The zero-order valence-electron chi connectivity index (χ0n) is 18.0. The molecule has 1 saturated carbocycles. The number of ketones is 1. The van der Waals surface area contributed by atoms with Crippen molar-refractivity contribution in [1.82, 2.24) is 5.16 Å². The van der Waals surface area contributed by atoms with Gasteiger partial charge in [-0.15, -0.1) is 11.6 Å². The fourth-order valence-corrected chi connectivity index (χ4v) is 5.26. The summed E-state index contributed by atoms with van der Waals surface area (Å²) >= 11 is 6.38. The van der Waals surface area contributed by atoms with Gasteiger partial charge in [0.05, 0.1) is 25.7 Å². The van der Waals surface area contributed by atoms with Gasteiger partial charge >= 0.3 is 0 Å². The van der Waals surface area contributed by atoms with E-state index in [2.05, 4.69) is 5.16 Å². The Morgan fingerprint density at radius 2 is 2.00 bits per heavy atom. The number of alkyl halides is 1. The fourth-order valence-electron chi connectivity index (χ4n) is 4.94. The summed E-state index contributed by atoms with van der Waals surface area (Å²) in [4.78, 5) is 28.8. The highest BCUT2D eigenvalue weighted by atomic mass is 35.5. The van der Waals surface area contributed by atoms with Crippen LogP contribution < -0.4 is 14.4 Å². The number of amides is 1. The van der Waals surface area contributed by atoms with E-state index in [0.717, 1.165) is 6.42 Å². The molecule has 0 radical (unpaired) electrons.